The molecule has 0 N–H and O–H groups in total. The smallest absolute Gasteiger partial charge is 0.0984 e. The minimum absolute atomic E-state index is 0. The number of thiazole rings is 1. The van der Waals surface area contributed by atoms with Crippen LogP contribution in [-0.4, -0.2) is 4.98 Å². The van der Waals surface area contributed by atoms with E-state index in [1.165, 1.54) is 15.6 Å². The predicted octanol–water partition coefficient (Wildman–Crippen LogP) is 3.69. The van der Waals surface area contributed by atoms with Gasteiger partial charge in [0.1, 0.15) is 0 Å². The fourth-order valence-electron chi connectivity index (χ4n) is 0.794. The van der Waals surface area contributed by atoms with Crippen LogP contribution >= 0.6 is 11.3 Å². The van der Waals surface area contributed by atoms with Crippen LogP contribution in [0.4, 0.5) is 0 Å². The molecule has 0 radical (unpaired) electrons. The number of nitrogens with zero attached hydrogens (tertiary/aromatic N) is 1. The normalized spacial score (nSPS) is 11.1. The Balaban J connectivity index is 0.00000121. The third kappa shape index (κ3) is 2.31. The topological polar surface area (TPSA) is 12.9 Å². The van der Waals surface area contributed by atoms with Gasteiger partial charge >= 0.3 is 0 Å². The van der Waals surface area contributed by atoms with Gasteiger partial charge in [0.25, 0.3) is 0 Å². The summed E-state index contributed by atoms with van der Waals surface area (Å²) in [5, 5.41) is 1.24. The molecule has 70 valence electrons. The molecule has 0 saturated carbocycles. The molecule has 0 unspecified atom stereocenters. The first kappa shape index (κ1) is 11.6. The summed E-state index contributed by atoms with van der Waals surface area (Å²) in [6.45, 7) is 10.8. The van der Waals surface area contributed by atoms with Crippen LogP contribution in [0.5, 0.6) is 0 Å². The highest BCUT2D eigenvalue weighted by Gasteiger charge is 2.18. The maximum atomic E-state index is 4.50. The lowest BCUT2D eigenvalue weighted by Crippen LogP contribution is -2.10. The van der Waals surface area contributed by atoms with E-state index in [1.807, 2.05) is 11.3 Å². The van der Waals surface area contributed by atoms with Gasteiger partial charge in [-0.3, -0.25) is 0 Å². The van der Waals surface area contributed by atoms with Crippen LogP contribution in [0.15, 0.2) is 0 Å². The lowest BCUT2D eigenvalue weighted by molar-refractivity contribution is 0.584. The van der Waals surface area contributed by atoms with Crippen LogP contribution in [0.25, 0.3) is 0 Å². The van der Waals surface area contributed by atoms with Gasteiger partial charge in [0.15, 0.2) is 0 Å². The van der Waals surface area contributed by atoms with Crippen molar-refractivity contribution in [2.45, 2.75) is 47.5 Å². The van der Waals surface area contributed by atoms with Gasteiger partial charge in [0, 0.05) is 10.3 Å². The molecule has 2 heteroatoms. The largest absolute Gasteiger partial charge is 0.246 e. The first-order chi connectivity index (χ1) is 4.91. The Morgan fingerprint density at radius 2 is 1.67 bits per heavy atom. The fraction of sp³-hybridized carbons (Fsp3) is 0.700. The van der Waals surface area contributed by atoms with E-state index < -0.39 is 0 Å². The molecule has 0 fully saturated rings. The molecule has 0 amide bonds. The Morgan fingerprint density at radius 1 is 1.17 bits per heavy atom. The molecule has 1 nitrogen and oxygen atoms in total. The van der Waals surface area contributed by atoms with Gasteiger partial charge in [-0.25, -0.2) is 4.98 Å². The molecule has 0 spiro atoms. The highest BCUT2D eigenvalue weighted by molar-refractivity contribution is 7.11. The van der Waals surface area contributed by atoms with Crippen molar-refractivity contribution >= 4 is 11.3 Å². The number of aryl methyl sites for hydroxylation is 2. The Kier molecular flexibility index (Phi) is 3.45. The van der Waals surface area contributed by atoms with Crippen molar-refractivity contribution < 1.29 is 0 Å². The van der Waals surface area contributed by atoms with Crippen molar-refractivity contribution in [1.82, 2.24) is 4.98 Å². The molecule has 1 aromatic rings. The van der Waals surface area contributed by atoms with Crippen molar-refractivity contribution in [1.29, 1.82) is 0 Å². The minimum Gasteiger partial charge on any atom is -0.246 e. The summed E-state index contributed by atoms with van der Waals surface area (Å²) in [5.41, 5.74) is 1.39. The van der Waals surface area contributed by atoms with Gasteiger partial charge in [0.05, 0.1) is 10.7 Å². The Morgan fingerprint density at radius 3 is 1.83 bits per heavy atom. The highest BCUT2D eigenvalue weighted by Crippen LogP contribution is 2.28. The molecule has 0 saturated heterocycles. The molecule has 0 aromatic carbocycles. The molecular formula is C10H19NS. The zero-order valence-electron chi connectivity index (χ0n) is 7.86. The Labute approximate surface area is 79.9 Å². The third-order valence-corrected chi connectivity index (χ3v) is 3.17. The van der Waals surface area contributed by atoms with Crippen molar-refractivity contribution in [3.05, 3.63) is 15.6 Å². The Bertz CT molecular complexity index is 236. The molecule has 1 heterocycles. The average Bonchev–Trinajstić information content (AvgIpc) is 2.11. The van der Waals surface area contributed by atoms with Crippen LogP contribution in [0.2, 0.25) is 0 Å². The van der Waals surface area contributed by atoms with E-state index in [-0.39, 0.29) is 12.8 Å². The molecule has 1 aromatic heterocycles. The minimum atomic E-state index is 0. The van der Waals surface area contributed by atoms with E-state index in [2.05, 4.69) is 39.6 Å². The van der Waals surface area contributed by atoms with Crippen LogP contribution < -0.4 is 0 Å². The summed E-state index contributed by atoms with van der Waals surface area (Å²) >= 11 is 1.81. The number of hydrogen-bond acceptors (Lipinski definition) is 2. The first-order valence-electron chi connectivity index (χ1n) is 3.86. The summed E-state index contributed by atoms with van der Waals surface area (Å²) in [6, 6.07) is 0. The second-order valence-corrected chi connectivity index (χ2v) is 5.11. The molecule has 0 aliphatic heterocycles. The second kappa shape index (κ2) is 3.56. The standard InChI is InChI=1S/C9H15NS.CH4/c1-6-7(2)11-8(10-6)9(3,4)5;/h1-5H3;1H4. The lowest BCUT2D eigenvalue weighted by Gasteiger charge is -2.13. The van der Waals surface area contributed by atoms with Crippen molar-refractivity contribution in [2.75, 3.05) is 0 Å². The molecule has 0 aliphatic carbocycles. The lowest BCUT2D eigenvalue weighted by atomic mass is 9.98. The maximum absolute atomic E-state index is 4.50. The quantitative estimate of drug-likeness (QED) is 0.600. The molecular weight excluding hydrogens is 166 g/mol. The van der Waals surface area contributed by atoms with E-state index in [0.717, 1.165) is 0 Å². The fourth-order valence-corrected chi connectivity index (χ4v) is 1.77. The molecule has 12 heavy (non-hydrogen) atoms. The Hall–Kier alpha value is -0.370. The van der Waals surface area contributed by atoms with Crippen molar-refractivity contribution in [3.63, 3.8) is 0 Å². The van der Waals surface area contributed by atoms with E-state index in [4.69, 9.17) is 0 Å². The number of aromatic nitrogens is 1. The SMILES string of the molecule is C.Cc1nc(C(C)(C)C)sc1C. The monoisotopic (exact) mass is 185 g/mol. The number of rotatable bonds is 0. The van der Waals surface area contributed by atoms with E-state index in [9.17, 15) is 0 Å². The van der Waals surface area contributed by atoms with Gasteiger partial charge in [-0.15, -0.1) is 11.3 Å². The third-order valence-electron chi connectivity index (χ3n) is 1.67. The highest BCUT2D eigenvalue weighted by atomic mass is 32.1. The molecule has 0 aliphatic rings. The summed E-state index contributed by atoms with van der Waals surface area (Å²) in [7, 11) is 0. The van der Waals surface area contributed by atoms with Gasteiger partial charge < -0.3 is 0 Å². The van der Waals surface area contributed by atoms with Crippen molar-refractivity contribution in [3.8, 4) is 0 Å². The summed E-state index contributed by atoms with van der Waals surface area (Å²) in [6.07, 6.45) is 0. The van der Waals surface area contributed by atoms with Gasteiger partial charge in [-0.1, -0.05) is 28.2 Å². The van der Waals surface area contributed by atoms with Gasteiger partial charge in [0.2, 0.25) is 0 Å². The number of hydrogen-bond donors (Lipinski definition) is 0. The van der Waals surface area contributed by atoms with E-state index in [0.29, 0.717) is 0 Å². The van der Waals surface area contributed by atoms with Crippen LogP contribution in [-0.2, 0) is 5.41 Å². The predicted molar refractivity (Wildman–Crippen MR) is 57.0 cm³/mol. The molecule has 1 rings (SSSR count). The summed E-state index contributed by atoms with van der Waals surface area (Å²) in [4.78, 5) is 5.84. The van der Waals surface area contributed by atoms with Crippen molar-refractivity contribution in [2.24, 2.45) is 0 Å². The zero-order valence-corrected chi connectivity index (χ0v) is 8.67. The maximum Gasteiger partial charge on any atom is 0.0984 e. The van der Waals surface area contributed by atoms with Gasteiger partial charge in [-0.2, -0.15) is 0 Å². The van der Waals surface area contributed by atoms with Gasteiger partial charge in [-0.05, 0) is 13.8 Å². The zero-order chi connectivity index (χ0) is 8.65. The van der Waals surface area contributed by atoms with E-state index in [1.54, 1.807) is 0 Å². The van der Waals surface area contributed by atoms with Crippen LogP contribution in [0, 0.1) is 13.8 Å². The second-order valence-electron chi connectivity index (χ2n) is 3.91. The molecule has 0 bridgehead atoms. The average molecular weight is 185 g/mol. The summed E-state index contributed by atoms with van der Waals surface area (Å²) < 4.78 is 0. The molecule has 0 atom stereocenters. The van der Waals surface area contributed by atoms with Crippen LogP contribution in [0.1, 0.15) is 43.8 Å². The van der Waals surface area contributed by atoms with E-state index >= 15 is 0 Å². The first-order valence-corrected chi connectivity index (χ1v) is 4.67. The van der Waals surface area contributed by atoms with Crippen LogP contribution in [0.3, 0.4) is 0 Å². The summed E-state index contributed by atoms with van der Waals surface area (Å²) in [5.74, 6) is 0.